The Morgan fingerprint density at radius 3 is 2.31 bits per heavy atom. The number of amides is 1. The number of nitrogens with two attached hydrogens (primary N) is 1. The molecule has 2 heterocycles. The van der Waals surface area contributed by atoms with E-state index in [0.29, 0.717) is 27.0 Å². The number of carbonyl (C=O) groups excluding carboxylic acids is 1. The number of hydrogen-bond acceptors (Lipinski definition) is 7. The van der Waals surface area contributed by atoms with E-state index < -0.39 is 11.8 Å². The van der Waals surface area contributed by atoms with Gasteiger partial charge in [-0.2, -0.15) is 10.5 Å². The van der Waals surface area contributed by atoms with Crippen LogP contribution in [0.4, 0.5) is 0 Å². The normalized spacial score (nSPS) is 17.9. The van der Waals surface area contributed by atoms with Crippen molar-refractivity contribution in [2.75, 3.05) is 14.2 Å². The molecule has 32 heavy (non-hydrogen) atoms. The first-order valence-electron chi connectivity index (χ1n) is 9.58. The molecular weight excluding hydrogens is 424 g/mol. The van der Waals surface area contributed by atoms with Crippen LogP contribution in [0.3, 0.4) is 0 Å². The number of benzene rings is 2. The minimum absolute atomic E-state index is 0.0211. The molecule has 2 aliphatic rings. The molecule has 0 aliphatic carbocycles. The number of nitriles is 2. The molecule has 4 rings (SSSR count). The first-order chi connectivity index (χ1) is 15.5. The largest absolute Gasteiger partial charge is 0.497 e. The number of ether oxygens (including phenoxy) is 2. The summed E-state index contributed by atoms with van der Waals surface area (Å²) in [4.78, 5) is 15.0. The Labute approximate surface area is 189 Å². The second kappa shape index (κ2) is 8.54. The van der Waals surface area contributed by atoms with Gasteiger partial charge in [-0.05, 0) is 35.4 Å². The first kappa shape index (κ1) is 21.1. The highest BCUT2D eigenvalue weighted by Crippen LogP contribution is 2.50. The van der Waals surface area contributed by atoms with Crippen LogP contribution in [0.15, 0.2) is 76.6 Å². The predicted molar refractivity (Wildman–Crippen MR) is 121 cm³/mol. The number of methoxy groups -OCH3 is 2. The molecule has 7 nitrogen and oxygen atoms in total. The average Bonchev–Trinajstić information content (AvgIpc) is 2.83. The fourth-order valence-electron chi connectivity index (χ4n) is 3.70. The van der Waals surface area contributed by atoms with Gasteiger partial charge in [0, 0.05) is 11.0 Å². The molecule has 2 N–H and O–H groups in total. The van der Waals surface area contributed by atoms with E-state index in [-0.39, 0.29) is 17.0 Å². The van der Waals surface area contributed by atoms with Gasteiger partial charge < -0.3 is 15.2 Å². The van der Waals surface area contributed by atoms with Crippen LogP contribution in [0.1, 0.15) is 17.0 Å². The van der Waals surface area contributed by atoms with Gasteiger partial charge in [-0.25, -0.2) is 0 Å². The van der Waals surface area contributed by atoms with Gasteiger partial charge in [-0.1, -0.05) is 36.0 Å². The molecule has 0 aromatic heterocycles. The molecule has 0 saturated carbocycles. The van der Waals surface area contributed by atoms with Gasteiger partial charge in [-0.3, -0.25) is 9.69 Å². The lowest BCUT2D eigenvalue weighted by molar-refractivity contribution is -0.122. The molecule has 1 atom stereocenters. The zero-order valence-corrected chi connectivity index (χ0v) is 18.1. The Kier molecular flexibility index (Phi) is 5.63. The summed E-state index contributed by atoms with van der Waals surface area (Å²) in [5.74, 6) is 0.132. The third kappa shape index (κ3) is 3.47. The van der Waals surface area contributed by atoms with E-state index in [1.807, 2.05) is 24.3 Å². The zero-order chi connectivity index (χ0) is 22.8. The molecule has 1 amide bonds. The van der Waals surface area contributed by atoms with Crippen LogP contribution in [0.5, 0.6) is 11.5 Å². The quantitative estimate of drug-likeness (QED) is 0.765. The number of nitrogens with zero attached hydrogens (tertiary/aromatic N) is 3. The molecule has 2 aromatic rings. The zero-order valence-electron chi connectivity index (χ0n) is 17.3. The lowest BCUT2D eigenvalue weighted by Crippen LogP contribution is -2.39. The van der Waals surface area contributed by atoms with E-state index in [4.69, 9.17) is 15.2 Å². The number of fused-ring (bicyclic) bond motifs is 1. The highest BCUT2D eigenvalue weighted by atomic mass is 32.2. The molecule has 0 bridgehead atoms. The van der Waals surface area contributed by atoms with Gasteiger partial charge in [0.1, 0.15) is 22.3 Å². The van der Waals surface area contributed by atoms with Crippen molar-refractivity contribution in [1.82, 2.24) is 4.90 Å². The maximum absolute atomic E-state index is 13.1. The predicted octanol–water partition coefficient (Wildman–Crippen LogP) is 3.85. The minimum Gasteiger partial charge on any atom is -0.497 e. The SMILES string of the molecule is COc1cccc(C2=CC(=O)N3C(N)=C(C#N)C(c4cccc(OC)c4)C(C#N)=C3S2)c1. The summed E-state index contributed by atoms with van der Waals surface area (Å²) < 4.78 is 10.6. The van der Waals surface area contributed by atoms with Gasteiger partial charge in [0.2, 0.25) is 0 Å². The van der Waals surface area contributed by atoms with Gasteiger partial charge in [0.15, 0.2) is 0 Å². The van der Waals surface area contributed by atoms with Crippen LogP contribution in [-0.4, -0.2) is 25.0 Å². The summed E-state index contributed by atoms with van der Waals surface area (Å²) in [5, 5.41) is 20.4. The molecule has 0 saturated heterocycles. The number of allylic oxidation sites excluding steroid dienone is 2. The van der Waals surface area contributed by atoms with Crippen LogP contribution in [0.2, 0.25) is 0 Å². The molecule has 158 valence electrons. The topological polar surface area (TPSA) is 112 Å². The first-order valence-corrected chi connectivity index (χ1v) is 10.4. The van der Waals surface area contributed by atoms with Crippen molar-refractivity contribution in [3.05, 3.63) is 87.7 Å². The fraction of sp³-hybridized carbons (Fsp3) is 0.125. The standard InChI is InChI=1S/C24H18N4O3S/c1-30-16-7-3-5-14(9-16)20-11-21(29)28-23(27)18(12-25)22(19(13-26)24(28)32-20)15-6-4-8-17(10-15)31-2/h3-11,22H,27H2,1-2H3. The van der Waals surface area contributed by atoms with Crippen molar-refractivity contribution >= 4 is 22.6 Å². The number of carbonyl (C=O) groups is 1. The smallest absolute Gasteiger partial charge is 0.258 e. The van der Waals surface area contributed by atoms with E-state index in [2.05, 4.69) is 12.1 Å². The maximum atomic E-state index is 13.1. The van der Waals surface area contributed by atoms with Gasteiger partial charge in [0.05, 0.1) is 43.4 Å². The van der Waals surface area contributed by atoms with Crippen LogP contribution in [-0.2, 0) is 4.79 Å². The monoisotopic (exact) mass is 442 g/mol. The number of hydrogen-bond donors (Lipinski definition) is 1. The fourth-order valence-corrected chi connectivity index (χ4v) is 4.87. The van der Waals surface area contributed by atoms with Gasteiger partial charge in [0.25, 0.3) is 5.91 Å². The summed E-state index contributed by atoms with van der Waals surface area (Å²) in [7, 11) is 3.11. The summed E-state index contributed by atoms with van der Waals surface area (Å²) in [6, 6.07) is 18.8. The Balaban J connectivity index is 1.89. The van der Waals surface area contributed by atoms with Crippen LogP contribution in [0.25, 0.3) is 4.91 Å². The van der Waals surface area contributed by atoms with Crippen molar-refractivity contribution in [2.45, 2.75) is 5.92 Å². The van der Waals surface area contributed by atoms with E-state index in [1.165, 1.54) is 22.7 Å². The molecule has 1 unspecified atom stereocenters. The summed E-state index contributed by atoms with van der Waals surface area (Å²) in [6.07, 6.45) is 1.45. The number of rotatable bonds is 4. The van der Waals surface area contributed by atoms with Crippen molar-refractivity contribution in [3.8, 4) is 23.6 Å². The molecule has 0 radical (unpaired) electrons. The molecule has 2 aromatic carbocycles. The minimum atomic E-state index is -0.712. The van der Waals surface area contributed by atoms with Gasteiger partial charge in [-0.15, -0.1) is 0 Å². The summed E-state index contributed by atoms with van der Waals surface area (Å²) in [5.41, 5.74) is 8.18. The lowest BCUT2D eigenvalue weighted by Gasteiger charge is -2.36. The lowest BCUT2D eigenvalue weighted by atomic mass is 9.83. The molecule has 2 aliphatic heterocycles. The maximum Gasteiger partial charge on any atom is 0.258 e. The van der Waals surface area contributed by atoms with Crippen molar-refractivity contribution in [3.63, 3.8) is 0 Å². The molecule has 0 fully saturated rings. The third-order valence-corrected chi connectivity index (χ3v) is 6.40. The Hall–Kier alpha value is -4.14. The van der Waals surface area contributed by atoms with Crippen molar-refractivity contribution < 1.29 is 14.3 Å². The van der Waals surface area contributed by atoms with E-state index >= 15 is 0 Å². The Bertz CT molecular complexity index is 1300. The second-order valence-electron chi connectivity index (χ2n) is 6.97. The van der Waals surface area contributed by atoms with Crippen molar-refractivity contribution in [1.29, 1.82) is 10.5 Å². The second-order valence-corrected chi connectivity index (χ2v) is 8.00. The average molecular weight is 443 g/mol. The highest BCUT2D eigenvalue weighted by Gasteiger charge is 2.40. The van der Waals surface area contributed by atoms with Crippen LogP contribution < -0.4 is 15.2 Å². The molecule has 8 heteroatoms. The molecular formula is C24H18N4O3S. The van der Waals surface area contributed by atoms with E-state index in [1.54, 1.807) is 38.5 Å². The summed E-state index contributed by atoms with van der Waals surface area (Å²) >= 11 is 1.26. The Morgan fingerprint density at radius 2 is 1.66 bits per heavy atom. The molecule has 0 spiro atoms. The van der Waals surface area contributed by atoms with Crippen LogP contribution >= 0.6 is 11.8 Å². The van der Waals surface area contributed by atoms with E-state index in [0.717, 1.165) is 5.56 Å². The third-order valence-electron chi connectivity index (χ3n) is 5.23. The Morgan fingerprint density at radius 1 is 1.00 bits per heavy atom. The number of thioether (sulfide) groups is 1. The van der Waals surface area contributed by atoms with E-state index in [9.17, 15) is 15.3 Å². The van der Waals surface area contributed by atoms with Crippen molar-refractivity contribution in [2.24, 2.45) is 5.73 Å². The van der Waals surface area contributed by atoms with Gasteiger partial charge >= 0.3 is 0 Å². The van der Waals surface area contributed by atoms with Crippen LogP contribution in [0, 0.1) is 22.7 Å². The summed E-state index contributed by atoms with van der Waals surface area (Å²) in [6.45, 7) is 0. The highest BCUT2D eigenvalue weighted by molar-refractivity contribution is 8.11.